The van der Waals surface area contributed by atoms with E-state index in [1.807, 2.05) is 73.5 Å². The lowest BCUT2D eigenvalue weighted by molar-refractivity contribution is -0.120. The van der Waals surface area contributed by atoms with Gasteiger partial charge in [0.2, 0.25) is 5.91 Å². The number of para-hydroxylation sites is 1. The van der Waals surface area contributed by atoms with Crippen LogP contribution in [0.25, 0.3) is 0 Å². The van der Waals surface area contributed by atoms with Gasteiger partial charge in [-0.1, -0.05) is 41.9 Å². The summed E-state index contributed by atoms with van der Waals surface area (Å²) in [5.41, 5.74) is 2.06. The Balaban J connectivity index is 1.91. The first-order chi connectivity index (χ1) is 10.1. The van der Waals surface area contributed by atoms with Gasteiger partial charge in [0.15, 0.2) is 0 Å². The summed E-state index contributed by atoms with van der Waals surface area (Å²) < 4.78 is 0. The summed E-state index contributed by atoms with van der Waals surface area (Å²) in [6.07, 6.45) is 0. The molecule has 3 nitrogen and oxygen atoms in total. The summed E-state index contributed by atoms with van der Waals surface area (Å²) in [5.74, 6) is -0.0104. The summed E-state index contributed by atoms with van der Waals surface area (Å²) in [7, 11) is 1.90. The van der Waals surface area contributed by atoms with Gasteiger partial charge in [-0.15, -0.1) is 0 Å². The molecule has 0 aliphatic rings. The monoisotopic (exact) mass is 302 g/mol. The SMILES string of the molecule is CC(NC(=O)CN(C)c1ccccc1)c1ccc(Cl)cc1. The lowest BCUT2D eigenvalue weighted by Gasteiger charge is -2.21. The molecule has 4 heteroatoms. The molecule has 0 aliphatic heterocycles. The number of carbonyl (C=O) groups is 1. The van der Waals surface area contributed by atoms with Crippen LogP contribution in [-0.4, -0.2) is 19.5 Å². The van der Waals surface area contributed by atoms with Crippen molar-refractivity contribution in [3.05, 3.63) is 65.2 Å². The quantitative estimate of drug-likeness (QED) is 0.914. The van der Waals surface area contributed by atoms with Crippen molar-refractivity contribution in [1.82, 2.24) is 5.32 Å². The van der Waals surface area contributed by atoms with E-state index >= 15 is 0 Å². The highest BCUT2D eigenvalue weighted by Crippen LogP contribution is 2.16. The van der Waals surface area contributed by atoms with Crippen LogP contribution in [0.1, 0.15) is 18.5 Å². The van der Waals surface area contributed by atoms with Crippen LogP contribution in [0.5, 0.6) is 0 Å². The molecule has 110 valence electrons. The van der Waals surface area contributed by atoms with Gasteiger partial charge in [0.25, 0.3) is 0 Å². The minimum atomic E-state index is -0.0426. The third-order valence-corrected chi connectivity index (χ3v) is 3.58. The predicted octanol–water partition coefficient (Wildman–Crippen LogP) is 3.65. The van der Waals surface area contributed by atoms with E-state index in [-0.39, 0.29) is 11.9 Å². The van der Waals surface area contributed by atoms with E-state index in [1.165, 1.54) is 0 Å². The molecule has 0 aliphatic carbocycles. The van der Waals surface area contributed by atoms with Gasteiger partial charge < -0.3 is 10.2 Å². The van der Waals surface area contributed by atoms with Gasteiger partial charge in [0.05, 0.1) is 12.6 Å². The molecule has 0 radical (unpaired) electrons. The zero-order valence-corrected chi connectivity index (χ0v) is 13.0. The van der Waals surface area contributed by atoms with Crippen LogP contribution in [0, 0.1) is 0 Å². The summed E-state index contributed by atoms with van der Waals surface area (Å²) in [5, 5.41) is 3.69. The Bertz CT molecular complexity index is 583. The van der Waals surface area contributed by atoms with Crippen LogP contribution in [0.3, 0.4) is 0 Å². The predicted molar refractivity (Wildman–Crippen MR) is 87.7 cm³/mol. The van der Waals surface area contributed by atoms with E-state index in [0.29, 0.717) is 11.6 Å². The number of hydrogen-bond donors (Lipinski definition) is 1. The molecule has 0 fully saturated rings. The lowest BCUT2D eigenvalue weighted by atomic mass is 10.1. The van der Waals surface area contributed by atoms with Gasteiger partial charge in [0.1, 0.15) is 0 Å². The van der Waals surface area contributed by atoms with Gasteiger partial charge in [0, 0.05) is 17.8 Å². The van der Waals surface area contributed by atoms with Crippen molar-refractivity contribution in [1.29, 1.82) is 0 Å². The first-order valence-electron chi connectivity index (χ1n) is 6.87. The molecule has 1 amide bonds. The Kier molecular flexibility index (Phi) is 5.23. The molecular formula is C17H19ClN2O. The zero-order valence-electron chi connectivity index (χ0n) is 12.2. The van der Waals surface area contributed by atoms with Crippen molar-refractivity contribution >= 4 is 23.2 Å². The maximum absolute atomic E-state index is 12.1. The molecule has 0 aromatic heterocycles. The largest absolute Gasteiger partial charge is 0.365 e. The Morgan fingerprint density at radius 2 is 1.76 bits per heavy atom. The normalized spacial score (nSPS) is 11.8. The molecule has 2 aromatic carbocycles. The van der Waals surface area contributed by atoms with Gasteiger partial charge in [-0.2, -0.15) is 0 Å². The molecule has 0 heterocycles. The molecular weight excluding hydrogens is 284 g/mol. The number of benzene rings is 2. The molecule has 21 heavy (non-hydrogen) atoms. The highest BCUT2D eigenvalue weighted by Gasteiger charge is 2.11. The number of hydrogen-bond acceptors (Lipinski definition) is 2. The van der Waals surface area contributed by atoms with Crippen LogP contribution >= 0.6 is 11.6 Å². The molecule has 2 rings (SSSR count). The summed E-state index contributed by atoms with van der Waals surface area (Å²) in [4.78, 5) is 14.0. The van der Waals surface area contributed by atoms with Crippen LogP contribution in [0.2, 0.25) is 5.02 Å². The minimum Gasteiger partial charge on any atom is -0.365 e. The highest BCUT2D eigenvalue weighted by atomic mass is 35.5. The fourth-order valence-corrected chi connectivity index (χ4v) is 2.24. The number of carbonyl (C=O) groups excluding carboxylic acids is 1. The highest BCUT2D eigenvalue weighted by molar-refractivity contribution is 6.30. The maximum Gasteiger partial charge on any atom is 0.239 e. The number of likely N-dealkylation sites (N-methyl/N-ethyl adjacent to an activating group) is 1. The van der Waals surface area contributed by atoms with Crippen LogP contribution < -0.4 is 10.2 Å². The molecule has 0 bridgehead atoms. The first-order valence-corrected chi connectivity index (χ1v) is 7.25. The molecule has 1 unspecified atom stereocenters. The smallest absolute Gasteiger partial charge is 0.239 e. The Hall–Kier alpha value is -2.00. The molecule has 1 atom stereocenters. The van der Waals surface area contributed by atoms with Crippen molar-refractivity contribution in [2.24, 2.45) is 0 Å². The molecule has 0 spiro atoms. The average Bonchev–Trinajstić information content (AvgIpc) is 2.48. The fraction of sp³-hybridized carbons (Fsp3) is 0.235. The van der Waals surface area contributed by atoms with Gasteiger partial charge in [-0.05, 0) is 36.8 Å². The fourth-order valence-electron chi connectivity index (χ4n) is 2.11. The Morgan fingerprint density at radius 3 is 2.38 bits per heavy atom. The number of anilines is 1. The van der Waals surface area contributed by atoms with Gasteiger partial charge in [-0.3, -0.25) is 4.79 Å². The molecule has 0 saturated carbocycles. The standard InChI is InChI=1S/C17H19ClN2O/c1-13(14-8-10-15(18)11-9-14)19-17(21)12-20(2)16-6-4-3-5-7-16/h3-11,13H,12H2,1-2H3,(H,19,21). The zero-order chi connectivity index (χ0) is 15.2. The topological polar surface area (TPSA) is 32.3 Å². The number of nitrogens with one attached hydrogen (secondary N) is 1. The van der Waals surface area contributed by atoms with Crippen molar-refractivity contribution in [2.75, 3.05) is 18.5 Å². The second kappa shape index (κ2) is 7.14. The van der Waals surface area contributed by atoms with Gasteiger partial charge in [-0.25, -0.2) is 0 Å². The second-order valence-corrected chi connectivity index (χ2v) is 5.47. The summed E-state index contributed by atoms with van der Waals surface area (Å²) >= 11 is 5.86. The number of rotatable bonds is 5. The van der Waals surface area contributed by atoms with Crippen molar-refractivity contribution in [3.8, 4) is 0 Å². The average molecular weight is 303 g/mol. The molecule has 0 saturated heterocycles. The number of nitrogens with zero attached hydrogens (tertiary/aromatic N) is 1. The maximum atomic E-state index is 12.1. The molecule has 2 aromatic rings. The van der Waals surface area contributed by atoms with Gasteiger partial charge >= 0.3 is 0 Å². The lowest BCUT2D eigenvalue weighted by Crippen LogP contribution is -2.36. The number of amides is 1. The van der Waals surface area contributed by atoms with E-state index < -0.39 is 0 Å². The molecule has 1 N–H and O–H groups in total. The Labute approximate surface area is 130 Å². The Morgan fingerprint density at radius 1 is 1.14 bits per heavy atom. The third kappa shape index (κ3) is 4.50. The van der Waals surface area contributed by atoms with Crippen molar-refractivity contribution in [3.63, 3.8) is 0 Å². The minimum absolute atomic E-state index is 0.0104. The summed E-state index contributed by atoms with van der Waals surface area (Å²) in [6.45, 7) is 2.28. The van der Waals surface area contributed by atoms with E-state index in [9.17, 15) is 4.79 Å². The second-order valence-electron chi connectivity index (χ2n) is 5.03. The van der Waals surface area contributed by atoms with Crippen LogP contribution in [0.15, 0.2) is 54.6 Å². The van der Waals surface area contributed by atoms with E-state index in [0.717, 1.165) is 11.3 Å². The summed E-state index contributed by atoms with van der Waals surface area (Å²) in [6, 6.07) is 17.3. The van der Waals surface area contributed by atoms with E-state index in [1.54, 1.807) is 0 Å². The van der Waals surface area contributed by atoms with Crippen molar-refractivity contribution < 1.29 is 4.79 Å². The third-order valence-electron chi connectivity index (χ3n) is 3.33. The van der Waals surface area contributed by atoms with E-state index in [2.05, 4.69) is 5.32 Å². The first kappa shape index (κ1) is 15.4. The van der Waals surface area contributed by atoms with E-state index in [4.69, 9.17) is 11.6 Å². The van der Waals surface area contributed by atoms with Crippen LogP contribution in [0.4, 0.5) is 5.69 Å². The number of halogens is 1. The van der Waals surface area contributed by atoms with Crippen molar-refractivity contribution in [2.45, 2.75) is 13.0 Å². The van der Waals surface area contributed by atoms with Crippen LogP contribution in [-0.2, 0) is 4.79 Å².